The number of ether oxygens (including phenoxy) is 1. The van der Waals surface area contributed by atoms with E-state index in [1.165, 1.54) is 56.1 Å². The maximum atomic E-state index is 6.25. The molecule has 1 saturated carbocycles. The summed E-state index contributed by atoms with van der Waals surface area (Å²) in [6.45, 7) is 3.11. The average molecular weight is 286 g/mol. The van der Waals surface area contributed by atoms with Crippen LogP contribution in [0.3, 0.4) is 0 Å². The minimum absolute atomic E-state index is 0.203. The lowest BCUT2D eigenvalue weighted by molar-refractivity contribution is -0.125. The van der Waals surface area contributed by atoms with Gasteiger partial charge in [-0.1, -0.05) is 25.3 Å². The molecule has 2 aliphatic heterocycles. The van der Waals surface area contributed by atoms with Crippen LogP contribution < -0.4 is 5.73 Å². The van der Waals surface area contributed by atoms with Crippen LogP contribution in [0.2, 0.25) is 0 Å². The van der Waals surface area contributed by atoms with Crippen molar-refractivity contribution in [3.05, 3.63) is 29.3 Å². The molecule has 3 aliphatic rings. The number of nitrogens with two attached hydrogens (primary N) is 1. The second-order valence-corrected chi connectivity index (χ2v) is 7.17. The summed E-state index contributed by atoms with van der Waals surface area (Å²) in [4.78, 5) is 2.66. The minimum Gasteiger partial charge on any atom is -0.399 e. The SMILES string of the molecule is Nc1ccc2c(c1)CN(C1CCOC3(CCCCC3)C1)C2. The van der Waals surface area contributed by atoms with Crippen molar-refractivity contribution >= 4 is 5.69 Å². The van der Waals surface area contributed by atoms with Gasteiger partial charge in [-0.05, 0) is 48.9 Å². The molecular formula is C18H26N2O. The van der Waals surface area contributed by atoms with Gasteiger partial charge in [0.2, 0.25) is 0 Å². The third kappa shape index (κ3) is 2.58. The number of nitrogen functional groups attached to an aromatic ring is 1. The fraction of sp³-hybridized carbons (Fsp3) is 0.667. The highest BCUT2D eigenvalue weighted by Crippen LogP contribution is 2.41. The minimum atomic E-state index is 0.203. The molecule has 1 saturated heterocycles. The normalized spacial score (nSPS) is 28.7. The quantitative estimate of drug-likeness (QED) is 0.803. The molecule has 4 rings (SSSR count). The first-order valence-corrected chi connectivity index (χ1v) is 8.49. The zero-order valence-electron chi connectivity index (χ0n) is 12.8. The van der Waals surface area contributed by atoms with Crippen LogP contribution in [-0.4, -0.2) is 23.1 Å². The average Bonchev–Trinajstić information content (AvgIpc) is 2.91. The highest BCUT2D eigenvalue weighted by atomic mass is 16.5. The first-order valence-electron chi connectivity index (χ1n) is 8.49. The second kappa shape index (κ2) is 5.29. The standard InChI is InChI=1S/C18H26N2O/c19-16-5-4-14-12-20(13-15(14)10-16)17-6-9-21-18(11-17)7-2-1-3-8-18/h4-5,10,17H,1-3,6-9,11-13,19H2. The van der Waals surface area contributed by atoms with Crippen LogP contribution in [0, 0.1) is 0 Å². The summed E-state index contributed by atoms with van der Waals surface area (Å²) < 4.78 is 6.25. The maximum absolute atomic E-state index is 6.25. The fourth-order valence-corrected chi connectivity index (χ4v) is 4.56. The van der Waals surface area contributed by atoms with Crippen molar-refractivity contribution in [3.8, 4) is 0 Å². The number of benzene rings is 1. The number of nitrogens with zero attached hydrogens (tertiary/aromatic N) is 1. The van der Waals surface area contributed by atoms with Crippen LogP contribution in [0.4, 0.5) is 5.69 Å². The van der Waals surface area contributed by atoms with Crippen LogP contribution in [0.25, 0.3) is 0 Å². The van der Waals surface area contributed by atoms with Gasteiger partial charge in [0, 0.05) is 31.4 Å². The van der Waals surface area contributed by atoms with Crippen molar-refractivity contribution in [2.24, 2.45) is 0 Å². The molecule has 1 aliphatic carbocycles. The lowest BCUT2D eigenvalue weighted by Gasteiger charge is -2.45. The second-order valence-electron chi connectivity index (χ2n) is 7.17. The molecule has 1 atom stereocenters. The van der Waals surface area contributed by atoms with Crippen LogP contribution in [-0.2, 0) is 17.8 Å². The van der Waals surface area contributed by atoms with Gasteiger partial charge in [0.15, 0.2) is 0 Å². The van der Waals surface area contributed by atoms with Crippen molar-refractivity contribution in [2.45, 2.75) is 69.7 Å². The van der Waals surface area contributed by atoms with E-state index in [9.17, 15) is 0 Å². The van der Waals surface area contributed by atoms with Crippen LogP contribution in [0.1, 0.15) is 56.1 Å². The number of anilines is 1. The molecule has 2 heterocycles. The van der Waals surface area contributed by atoms with E-state index in [4.69, 9.17) is 10.5 Å². The van der Waals surface area contributed by atoms with E-state index in [-0.39, 0.29) is 5.60 Å². The van der Waals surface area contributed by atoms with Gasteiger partial charge in [-0.15, -0.1) is 0 Å². The Morgan fingerprint density at radius 3 is 2.76 bits per heavy atom. The molecule has 3 heteroatoms. The highest BCUT2D eigenvalue weighted by molar-refractivity contribution is 5.46. The van der Waals surface area contributed by atoms with Crippen LogP contribution in [0.5, 0.6) is 0 Å². The molecule has 1 spiro atoms. The van der Waals surface area contributed by atoms with E-state index >= 15 is 0 Å². The van der Waals surface area contributed by atoms with Crippen molar-refractivity contribution in [3.63, 3.8) is 0 Å². The summed E-state index contributed by atoms with van der Waals surface area (Å²) in [7, 11) is 0. The van der Waals surface area contributed by atoms with Crippen LogP contribution >= 0.6 is 0 Å². The molecule has 2 N–H and O–H groups in total. The zero-order valence-corrected chi connectivity index (χ0v) is 12.8. The smallest absolute Gasteiger partial charge is 0.0697 e. The number of rotatable bonds is 1. The molecule has 0 aromatic heterocycles. The van der Waals surface area contributed by atoms with Crippen molar-refractivity contribution in [2.75, 3.05) is 12.3 Å². The van der Waals surface area contributed by atoms with Crippen molar-refractivity contribution in [1.82, 2.24) is 4.90 Å². The first kappa shape index (κ1) is 13.6. The van der Waals surface area contributed by atoms with Gasteiger partial charge >= 0.3 is 0 Å². The third-order valence-corrected chi connectivity index (χ3v) is 5.73. The monoisotopic (exact) mass is 286 g/mol. The number of hydrogen-bond donors (Lipinski definition) is 1. The molecule has 0 bridgehead atoms. The lowest BCUT2D eigenvalue weighted by Crippen LogP contribution is -2.48. The third-order valence-electron chi connectivity index (χ3n) is 5.73. The molecule has 0 amide bonds. The Labute approximate surface area is 127 Å². The molecule has 3 nitrogen and oxygen atoms in total. The van der Waals surface area contributed by atoms with E-state index < -0.39 is 0 Å². The predicted octanol–water partition coefficient (Wildman–Crippen LogP) is 3.47. The van der Waals surface area contributed by atoms with Gasteiger partial charge in [0.1, 0.15) is 0 Å². The Kier molecular flexibility index (Phi) is 3.43. The summed E-state index contributed by atoms with van der Waals surface area (Å²) >= 11 is 0. The van der Waals surface area contributed by atoms with Crippen LogP contribution in [0.15, 0.2) is 18.2 Å². The Hall–Kier alpha value is -1.06. The van der Waals surface area contributed by atoms with E-state index in [2.05, 4.69) is 17.0 Å². The van der Waals surface area contributed by atoms with E-state index in [0.29, 0.717) is 6.04 Å². The number of fused-ring (bicyclic) bond motifs is 1. The molecule has 2 fully saturated rings. The number of hydrogen-bond acceptors (Lipinski definition) is 3. The molecule has 1 unspecified atom stereocenters. The lowest BCUT2D eigenvalue weighted by atomic mass is 9.78. The largest absolute Gasteiger partial charge is 0.399 e. The maximum Gasteiger partial charge on any atom is 0.0697 e. The van der Waals surface area contributed by atoms with Gasteiger partial charge in [-0.2, -0.15) is 0 Å². The molecule has 1 aromatic rings. The summed E-state index contributed by atoms with van der Waals surface area (Å²) in [5.41, 5.74) is 9.92. The van der Waals surface area contributed by atoms with Crippen molar-refractivity contribution < 1.29 is 4.74 Å². The Bertz CT molecular complexity index is 516. The topological polar surface area (TPSA) is 38.5 Å². The van der Waals surface area contributed by atoms with E-state index in [0.717, 1.165) is 25.4 Å². The Morgan fingerprint density at radius 1 is 1.10 bits per heavy atom. The van der Waals surface area contributed by atoms with Gasteiger partial charge in [-0.3, -0.25) is 4.90 Å². The Balaban J connectivity index is 1.48. The molecule has 21 heavy (non-hydrogen) atoms. The van der Waals surface area contributed by atoms with Gasteiger partial charge in [0.05, 0.1) is 5.60 Å². The molecule has 1 aromatic carbocycles. The first-order chi connectivity index (χ1) is 10.2. The van der Waals surface area contributed by atoms with Gasteiger partial charge in [0.25, 0.3) is 0 Å². The predicted molar refractivity (Wildman–Crippen MR) is 84.9 cm³/mol. The highest BCUT2D eigenvalue weighted by Gasteiger charge is 2.41. The Morgan fingerprint density at radius 2 is 1.90 bits per heavy atom. The fourth-order valence-electron chi connectivity index (χ4n) is 4.56. The molecule has 0 radical (unpaired) electrons. The molecule has 114 valence electrons. The van der Waals surface area contributed by atoms with Gasteiger partial charge < -0.3 is 10.5 Å². The van der Waals surface area contributed by atoms with Gasteiger partial charge in [-0.25, -0.2) is 0 Å². The zero-order chi connectivity index (χ0) is 14.3. The summed E-state index contributed by atoms with van der Waals surface area (Å²) in [6, 6.07) is 7.09. The van der Waals surface area contributed by atoms with E-state index in [1.807, 2.05) is 6.07 Å². The summed E-state index contributed by atoms with van der Waals surface area (Å²) in [6.07, 6.45) is 9.06. The van der Waals surface area contributed by atoms with E-state index in [1.54, 1.807) is 0 Å². The van der Waals surface area contributed by atoms with Crippen molar-refractivity contribution in [1.29, 1.82) is 0 Å². The summed E-state index contributed by atoms with van der Waals surface area (Å²) in [5.74, 6) is 0. The summed E-state index contributed by atoms with van der Waals surface area (Å²) in [5, 5.41) is 0. The molecular weight excluding hydrogens is 260 g/mol.